The lowest BCUT2D eigenvalue weighted by molar-refractivity contribution is 0.0783. The average molecular weight is 277 g/mol. The van der Waals surface area contributed by atoms with Gasteiger partial charge >= 0.3 is 0 Å². The lowest BCUT2D eigenvalue weighted by atomic mass is 10.1. The third-order valence-corrected chi connectivity index (χ3v) is 4.00. The summed E-state index contributed by atoms with van der Waals surface area (Å²) in [6, 6.07) is 14.1. The summed E-state index contributed by atoms with van der Waals surface area (Å²) in [5.74, 6) is 0.0132. The fourth-order valence-electron chi connectivity index (χ4n) is 2.94. The van der Waals surface area contributed by atoms with Crippen molar-refractivity contribution in [1.29, 1.82) is 0 Å². The van der Waals surface area contributed by atoms with E-state index >= 15 is 0 Å². The van der Waals surface area contributed by atoms with Gasteiger partial charge in [-0.25, -0.2) is 4.68 Å². The molecule has 4 nitrogen and oxygen atoms in total. The van der Waals surface area contributed by atoms with Crippen LogP contribution in [0.1, 0.15) is 21.6 Å². The Morgan fingerprint density at radius 3 is 2.81 bits per heavy atom. The second-order valence-electron chi connectivity index (χ2n) is 5.57. The SMILES string of the molecule is Cc1ccc2nn3c(c2c1)C(=O)N(C)Cc1ccccc1-3. The standard InChI is InChI=1S/C17H15N3O/c1-11-7-8-14-13(9-11)16-17(21)19(2)10-12-5-3-4-6-15(12)20(16)18-14/h3-9H,10H2,1-2H3. The molecule has 2 aromatic carbocycles. The normalized spacial score (nSPS) is 14.0. The predicted molar refractivity (Wildman–Crippen MR) is 81.6 cm³/mol. The average Bonchev–Trinajstić information content (AvgIpc) is 2.80. The fraction of sp³-hybridized carbons (Fsp3) is 0.176. The first-order valence-corrected chi connectivity index (χ1v) is 6.98. The van der Waals surface area contributed by atoms with Crippen molar-refractivity contribution >= 4 is 16.8 Å². The zero-order valence-electron chi connectivity index (χ0n) is 12.0. The van der Waals surface area contributed by atoms with E-state index in [4.69, 9.17) is 0 Å². The molecule has 0 bridgehead atoms. The summed E-state index contributed by atoms with van der Waals surface area (Å²) in [5.41, 5.74) is 4.73. The summed E-state index contributed by atoms with van der Waals surface area (Å²) >= 11 is 0. The Balaban J connectivity index is 2.14. The van der Waals surface area contributed by atoms with Crippen molar-refractivity contribution in [2.45, 2.75) is 13.5 Å². The number of carbonyl (C=O) groups excluding carboxylic acids is 1. The van der Waals surface area contributed by atoms with Gasteiger partial charge in [0, 0.05) is 19.0 Å². The Bertz CT molecular complexity index is 879. The maximum Gasteiger partial charge on any atom is 0.273 e. The van der Waals surface area contributed by atoms with E-state index in [9.17, 15) is 4.79 Å². The third kappa shape index (κ3) is 1.69. The third-order valence-electron chi connectivity index (χ3n) is 4.00. The number of fused-ring (bicyclic) bond motifs is 5. The van der Waals surface area contributed by atoms with Crippen LogP contribution in [0.3, 0.4) is 0 Å². The van der Waals surface area contributed by atoms with Gasteiger partial charge in [-0.15, -0.1) is 0 Å². The Kier molecular flexibility index (Phi) is 2.42. The molecule has 0 atom stereocenters. The molecule has 1 aliphatic heterocycles. The largest absolute Gasteiger partial charge is 0.336 e. The van der Waals surface area contributed by atoms with Gasteiger partial charge in [0.05, 0.1) is 11.2 Å². The van der Waals surface area contributed by atoms with Crippen LogP contribution in [-0.2, 0) is 6.54 Å². The Labute approximate surface area is 122 Å². The highest BCUT2D eigenvalue weighted by Gasteiger charge is 2.27. The molecule has 0 saturated carbocycles. The van der Waals surface area contributed by atoms with Crippen LogP contribution in [0, 0.1) is 6.92 Å². The maximum absolute atomic E-state index is 12.8. The second kappa shape index (κ2) is 4.19. The van der Waals surface area contributed by atoms with Crippen LogP contribution in [0.4, 0.5) is 0 Å². The Morgan fingerprint density at radius 2 is 1.95 bits per heavy atom. The van der Waals surface area contributed by atoms with Crippen LogP contribution in [0.15, 0.2) is 42.5 Å². The molecule has 1 aromatic heterocycles. The number of rotatable bonds is 0. The van der Waals surface area contributed by atoms with Crippen LogP contribution < -0.4 is 0 Å². The molecule has 3 aromatic rings. The van der Waals surface area contributed by atoms with Gasteiger partial charge in [0.25, 0.3) is 5.91 Å². The molecule has 4 heteroatoms. The highest BCUT2D eigenvalue weighted by atomic mass is 16.2. The lowest BCUT2D eigenvalue weighted by Gasteiger charge is -2.14. The van der Waals surface area contributed by atoms with Crippen LogP contribution >= 0.6 is 0 Å². The van der Waals surface area contributed by atoms with Gasteiger partial charge in [-0.3, -0.25) is 4.79 Å². The van der Waals surface area contributed by atoms with Crippen LogP contribution in [0.25, 0.3) is 16.6 Å². The molecule has 1 aliphatic rings. The van der Waals surface area contributed by atoms with Gasteiger partial charge in [0.2, 0.25) is 0 Å². The smallest absolute Gasteiger partial charge is 0.273 e. The molecule has 0 saturated heterocycles. The minimum atomic E-state index is 0.0132. The number of para-hydroxylation sites is 1. The molecule has 4 rings (SSSR count). The highest BCUT2D eigenvalue weighted by molar-refractivity contribution is 6.06. The first-order chi connectivity index (χ1) is 10.1. The lowest BCUT2D eigenvalue weighted by Crippen LogP contribution is -2.25. The van der Waals surface area contributed by atoms with Crippen LogP contribution in [0.5, 0.6) is 0 Å². The predicted octanol–water partition coefficient (Wildman–Crippen LogP) is 2.92. The van der Waals surface area contributed by atoms with Gasteiger partial charge < -0.3 is 4.90 Å². The van der Waals surface area contributed by atoms with Crippen molar-refractivity contribution in [3.63, 3.8) is 0 Å². The summed E-state index contributed by atoms with van der Waals surface area (Å²) in [5, 5.41) is 5.57. The number of hydrogen-bond donors (Lipinski definition) is 0. The molecular formula is C17H15N3O. The van der Waals surface area contributed by atoms with E-state index < -0.39 is 0 Å². The van der Waals surface area contributed by atoms with E-state index in [0.29, 0.717) is 12.2 Å². The molecule has 104 valence electrons. The summed E-state index contributed by atoms with van der Waals surface area (Å²) in [7, 11) is 1.84. The Morgan fingerprint density at radius 1 is 1.14 bits per heavy atom. The molecule has 1 amide bonds. The maximum atomic E-state index is 12.8. The molecule has 21 heavy (non-hydrogen) atoms. The first kappa shape index (κ1) is 12.1. The molecule has 0 N–H and O–H groups in total. The number of hydrogen-bond acceptors (Lipinski definition) is 2. The summed E-state index contributed by atoms with van der Waals surface area (Å²) in [6.07, 6.45) is 0. The molecular weight excluding hydrogens is 262 g/mol. The number of aromatic nitrogens is 2. The molecule has 0 radical (unpaired) electrons. The zero-order chi connectivity index (χ0) is 14.6. The molecule has 0 unspecified atom stereocenters. The van der Waals surface area contributed by atoms with Crippen LogP contribution in [0.2, 0.25) is 0 Å². The summed E-state index contributed by atoms with van der Waals surface area (Å²) < 4.78 is 1.80. The minimum absolute atomic E-state index is 0.0132. The summed E-state index contributed by atoms with van der Waals surface area (Å²) in [6.45, 7) is 2.63. The van der Waals surface area contributed by atoms with Crippen molar-refractivity contribution in [3.8, 4) is 5.69 Å². The quantitative estimate of drug-likeness (QED) is 0.633. The monoisotopic (exact) mass is 277 g/mol. The van der Waals surface area contributed by atoms with E-state index in [1.54, 1.807) is 9.58 Å². The summed E-state index contributed by atoms with van der Waals surface area (Å²) in [4.78, 5) is 14.5. The van der Waals surface area contributed by atoms with Crippen molar-refractivity contribution in [1.82, 2.24) is 14.7 Å². The van der Waals surface area contributed by atoms with Crippen LogP contribution in [-0.4, -0.2) is 27.6 Å². The van der Waals surface area contributed by atoms with Crippen molar-refractivity contribution < 1.29 is 4.79 Å². The second-order valence-corrected chi connectivity index (χ2v) is 5.57. The van der Waals surface area contributed by atoms with Gasteiger partial charge in [0.15, 0.2) is 0 Å². The number of nitrogens with zero attached hydrogens (tertiary/aromatic N) is 3. The molecule has 0 aliphatic carbocycles. The number of amides is 1. The van der Waals surface area contributed by atoms with Gasteiger partial charge in [-0.05, 0) is 30.7 Å². The van der Waals surface area contributed by atoms with Gasteiger partial charge in [0.1, 0.15) is 5.69 Å². The zero-order valence-corrected chi connectivity index (χ0v) is 12.0. The minimum Gasteiger partial charge on any atom is -0.336 e. The Hall–Kier alpha value is -2.62. The molecule has 0 spiro atoms. The van der Waals surface area contributed by atoms with Crippen molar-refractivity contribution in [2.24, 2.45) is 0 Å². The van der Waals surface area contributed by atoms with Crippen molar-refractivity contribution in [3.05, 3.63) is 59.3 Å². The van der Waals surface area contributed by atoms with Gasteiger partial charge in [-0.1, -0.05) is 29.8 Å². The number of aryl methyl sites for hydroxylation is 1. The van der Waals surface area contributed by atoms with E-state index in [2.05, 4.69) is 5.10 Å². The number of benzene rings is 2. The number of carbonyl (C=O) groups is 1. The van der Waals surface area contributed by atoms with E-state index in [-0.39, 0.29) is 5.91 Å². The van der Waals surface area contributed by atoms with E-state index in [0.717, 1.165) is 27.7 Å². The first-order valence-electron chi connectivity index (χ1n) is 6.98. The molecule has 2 heterocycles. The van der Waals surface area contributed by atoms with Crippen molar-refractivity contribution in [2.75, 3.05) is 7.05 Å². The van der Waals surface area contributed by atoms with E-state index in [1.807, 2.05) is 56.4 Å². The van der Waals surface area contributed by atoms with Gasteiger partial charge in [-0.2, -0.15) is 5.10 Å². The van der Waals surface area contributed by atoms with E-state index in [1.165, 1.54) is 0 Å². The molecule has 0 fully saturated rings. The highest BCUT2D eigenvalue weighted by Crippen LogP contribution is 2.29. The topological polar surface area (TPSA) is 38.1 Å². The fourth-order valence-corrected chi connectivity index (χ4v) is 2.94.